The number of hydrogen-bond acceptors (Lipinski definition) is 2. The molecule has 2 rings (SSSR count). The van der Waals surface area contributed by atoms with Crippen molar-refractivity contribution in [3.8, 4) is 0 Å². The smallest absolute Gasteiger partial charge is 0.238 e. The summed E-state index contributed by atoms with van der Waals surface area (Å²) in [6.07, 6.45) is 1.02. The zero-order valence-electron chi connectivity index (χ0n) is 11.3. The maximum Gasteiger partial charge on any atom is 0.238 e. The molecule has 3 nitrogen and oxygen atoms in total. The van der Waals surface area contributed by atoms with E-state index >= 15 is 0 Å². The Morgan fingerprint density at radius 2 is 1.80 bits per heavy atom. The SMILES string of the molecule is Cc1ccccc1NNC(=O)CCc1ccccc1Cl. The number of nitrogens with one attached hydrogen (secondary N) is 2. The van der Waals surface area contributed by atoms with E-state index < -0.39 is 0 Å². The van der Waals surface area contributed by atoms with Crippen LogP contribution < -0.4 is 10.9 Å². The highest BCUT2D eigenvalue weighted by atomic mass is 35.5. The van der Waals surface area contributed by atoms with Crippen LogP contribution in [0.3, 0.4) is 0 Å². The Morgan fingerprint density at radius 1 is 1.10 bits per heavy atom. The summed E-state index contributed by atoms with van der Waals surface area (Å²) in [5, 5.41) is 0.701. The fourth-order valence-electron chi connectivity index (χ4n) is 1.86. The van der Waals surface area contributed by atoms with Crippen molar-refractivity contribution in [2.75, 3.05) is 5.43 Å². The Balaban J connectivity index is 1.82. The number of carbonyl (C=O) groups excluding carboxylic acids is 1. The fraction of sp³-hybridized carbons (Fsp3) is 0.188. The zero-order chi connectivity index (χ0) is 14.4. The molecule has 2 aromatic rings. The molecule has 0 bridgehead atoms. The molecule has 0 spiro atoms. The molecule has 104 valence electrons. The molecule has 0 aromatic heterocycles. The molecule has 0 heterocycles. The number of hydrogen-bond donors (Lipinski definition) is 2. The second-order valence-electron chi connectivity index (χ2n) is 4.58. The molecule has 0 fully saturated rings. The number of rotatable bonds is 5. The Hall–Kier alpha value is -2.00. The maximum atomic E-state index is 11.8. The summed E-state index contributed by atoms with van der Waals surface area (Å²) in [5.41, 5.74) is 8.60. The first kappa shape index (κ1) is 14.4. The van der Waals surface area contributed by atoms with Crippen LogP contribution in [0.5, 0.6) is 0 Å². The van der Waals surface area contributed by atoms with E-state index in [-0.39, 0.29) is 5.91 Å². The third-order valence-corrected chi connectivity index (χ3v) is 3.43. The molecule has 0 aliphatic rings. The van der Waals surface area contributed by atoms with Crippen LogP contribution in [-0.2, 0) is 11.2 Å². The number of hydrazine groups is 1. The zero-order valence-corrected chi connectivity index (χ0v) is 12.1. The van der Waals surface area contributed by atoms with Crippen molar-refractivity contribution in [3.05, 3.63) is 64.7 Å². The summed E-state index contributed by atoms with van der Waals surface area (Å²) < 4.78 is 0. The van der Waals surface area contributed by atoms with Gasteiger partial charge in [0.2, 0.25) is 5.91 Å². The molecular formula is C16H17ClN2O. The van der Waals surface area contributed by atoms with Gasteiger partial charge in [-0.1, -0.05) is 48.0 Å². The molecule has 0 unspecified atom stereocenters. The third kappa shape index (κ3) is 4.00. The summed E-state index contributed by atoms with van der Waals surface area (Å²) in [7, 11) is 0. The molecule has 4 heteroatoms. The van der Waals surface area contributed by atoms with Gasteiger partial charge in [0.05, 0.1) is 5.69 Å². The number of amides is 1. The van der Waals surface area contributed by atoms with Crippen LogP contribution in [0.4, 0.5) is 5.69 Å². The van der Waals surface area contributed by atoms with Crippen LogP contribution in [0, 0.1) is 6.92 Å². The number of aryl methyl sites for hydroxylation is 2. The Morgan fingerprint density at radius 3 is 2.55 bits per heavy atom. The van der Waals surface area contributed by atoms with E-state index in [4.69, 9.17) is 11.6 Å². The molecule has 0 aliphatic heterocycles. The van der Waals surface area contributed by atoms with Crippen molar-refractivity contribution in [2.45, 2.75) is 19.8 Å². The minimum absolute atomic E-state index is 0.0619. The first-order valence-electron chi connectivity index (χ1n) is 6.50. The minimum Gasteiger partial charge on any atom is -0.298 e. The first-order chi connectivity index (χ1) is 9.66. The molecule has 20 heavy (non-hydrogen) atoms. The number of para-hydroxylation sites is 1. The van der Waals surface area contributed by atoms with Crippen LogP contribution in [0.1, 0.15) is 17.5 Å². The summed E-state index contributed by atoms with van der Waals surface area (Å²) in [4.78, 5) is 11.8. The maximum absolute atomic E-state index is 11.8. The molecule has 0 radical (unpaired) electrons. The van der Waals surface area contributed by atoms with E-state index in [1.807, 2.05) is 55.5 Å². The molecule has 0 atom stereocenters. The average Bonchev–Trinajstić information content (AvgIpc) is 2.45. The number of benzene rings is 2. The highest BCUT2D eigenvalue weighted by molar-refractivity contribution is 6.31. The standard InChI is InChI=1S/C16H17ClN2O/c1-12-6-2-5-9-15(12)18-19-16(20)11-10-13-7-3-4-8-14(13)17/h2-9,18H,10-11H2,1H3,(H,19,20). The van der Waals surface area contributed by atoms with Crippen molar-refractivity contribution in [3.63, 3.8) is 0 Å². The second kappa shape index (κ2) is 6.96. The van der Waals surface area contributed by atoms with Gasteiger partial charge in [-0.2, -0.15) is 0 Å². The average molecular weight is 289 g/mol. The molecule has 0 saturated heterocycles. The lowest BCUT2D eigenvalue weighted by Gasteiger charge is -2.11. The molecule has 2 N–H and O–H groups in total. The van der Waals surface area contributed by atoms with Gasteiger partial charge in [0.15, 0.2) is 0 Å². The number of anilines is 1. The van der Waals surface area contributed by atoms with Crippen molar-refractivity contribution in [1.29, 1.82) is 0 Å². The van der Waals surface area contributed by atoms with Gasteiger partial charge in [-0.05, 0) is 36.6 Å². The predicted octanol–water partition coefficient (Wildman–Crippen LogP) is 3.72. The third-order valence-electron chi connectivity index (χ3n) is 3.06. The quantitative estimate of drug-likeness (QED) is 0.823. The van der Waals surface area contributed by atoms with Gasteiger partial charge < -0.3 is 0 Å². The van der Waals surface area contributed by atoms with Gasteiger partial charge >= 0.3 is 0 Å². The lowest BCUT2D eigenvalue weighted by atomic mass is 10.1. The monoisotopic (exact) mass is 288 g/mol. The fourth-order valence-corrected chi connectivity index (χ4v) is 2.09. The molecular weight excluding hydrogens is 272 g/mol. The first-order valence-corrected chi connectivity index (χ1v) is 6.88. The van der Waals surface area contributed by atoms with Gasteiger partial charge in [-0.25, -0.2) is 0 Å². The van der Waals surface area contributed by atoms with E-state index in [1.54, 1.807) is 0 Å². The van der Waals surface area contributed by atoms with Gasteiger partial charge in [0.25, 0.3) is 0 Å². The summed E-state index contributed by atoms with van der Waals surface area (Å²) in [6.45, 7) is 1.98. The molecule has 2 aromatic carbocycles. The molecule has 0 saturated carbocycles. The predicted molar refractivity (Wildman–Crippen MR) is 82.7 cm³/mol. The number of halogens is 1. The highest BCUT2D eigenvalue weighted by Crippen LogP contribution is 2.16. The second-order valence-corrected chi connectivity index (χ2v) is 4.99. The van der Waals surface area contributed by atoms with Crippen molar-refractivity contribution >= 4 is 23.2 Å². The lowest BCUT2D eigenvalue weighted by molar-refractivity contribution is -0.120. The molecule has 1 amide bonds. The summed E-state index contributed by atoms with van der Waals surface area (Å²) in [6, 6.07) is 15.4. The van der Waals surface area contributed by atoms with E-state index in [9.17, 15) is 4.79 Å². The van der Waals surface area contributed by atoms with E-state index in [0.29, 0.717) is 17.9 Å². The largest absolute Gasteiger partial charge is 0.298 e. The highest BCUT2D eigenvalue weighted by Gasteiger charge is 2.05. The van der Waals surface area contributed by atoms with Crippen molar-refractivity contribution < 1.29 is 4.79 Å². The summed E-state index contributed by atoms with van der Waals surface area (Å²) in [5.74, 6) is -0.0619. The van der Waals surface area contributed by atoms with Crippen LogP contribution in [-0.4, -0.2) is 5.91 Å². The normalized spacial score (nSPS) is 10.1. The van der Waals surface area contributed by atoms with E-state index in [1.165, 1.54) is 0 Å². The van der Waals surface area contributed by atoms with E-state index in [2.05, 4.69) is 10.9 Å². The van der Waals surface area contributed by atoms with Gasteiger partial charge in [0.1, 0.15) is 0 Å². The van der Waals surface area contributed by atoms with Gasteiger partial charge in [0, 0.05) is 11.4 Å². The minimum atomic E-state index is -0.0619. The Kier molecular flexibility index (Phi) is 5.02. The van der Waals surface area contributed by atoms with Gasteiger partial charge in [-0.3, -0.25) is 15.6 Å². The van der Waals surface area contributed by atoms with Crippen molar-refractivity contribution in [2.24, 2.45) is 0 Å². The lowest BCUT2D eigenvalue weighted by Crippen LogP contribution is -2.29. The van der Waals surface area contributed by atoms with E-state index in [0.717, 1.165) is 16.8 Å². The molecule has 0 aliphatic carbocycles. The Labute approximate surface area is 123 Å². The van der Waals surface area contributed by atoms with Crippen molar-refractivity contribution in [1.82, 2.24) is 5.43 Å². The number of carbonyl (C=O) groups is 1. The van der Waals surface area contributed by atoms with Crippen LogP contribution in [0.25, 0.3) is 0 Å². The topological polar surface area (TPSA) is 41.1 Å². The van der Waals surface area contributed by atoms with Crippen LogP contribution in [0.15, 0.2) is 48.5 Å². The van der Waals surface area contributed by atoms with Crippen LogP contribution >= 0.6 is 11.6 Å². The van der Waals surface area contributed by atoms with Gasteiger partial charge in [-0.15, -0.1) is 0 Å². The van der Waals surface area contributed by atoms with Crippen LogP contribution in [0.2, 0.25) is 5.02 Å². The Bertz CT molecular complexity index is 547. The summed E-state index contributed by atoms with van der Waals surface area (Å²) >= 11 is 6.05.